The molecule has 2 heterocycles. The molecule has 1 fully saturated rings. The molecule has 0 radical (unpaired) electrons. The molecule has 1 aliphatic heterocycles. The van der Waals surface area contributed by atoms with E-state index in [4.69, 9.17) is 0 Å². The second-order valence-corrected chi connectivity index (χ2v) is 10.0. The summed E-state index contributed by atoms with van der Waals surface area (Å²) in [6, 6.07) is 16.7. The Bertz CT molecular complexity index is 1160. The maximum absolute atomic E-state index is 12.7. The number of sulfonamides is 1. The minimum atomic E-state index is -3.47. The van der Waals surface area contributed by atoms with Gasteiger partial charge in [0.15, 0.2) is 0 Å². The molecular weight excluding hydrogens is 410 g/mol. The fraction of sp³-hybridized carbons (Fsp3) is 0.375. The summed E-state index contributed by atoms with van der Waals surface area (Å²) >= 11 is 0. The van der Waals surface area contributed by atoms with Gasteiger partial charge in [0.1, 0.15) is 0 Å². The molecule has 1 amide bonds. The standard InChI is InChI=1S/C24H29N3O3S/c1-19-18-21-8-3-4-9-23(21)27(19)17-7-14-25-24(28)20-10-12-22(13-11-20)31(29,30)26-15-5-2-6-16-26/h3-4,8-13,18H,2,5-7,14-17H2,1H3,(H,25,28). The number of piperidine rings is 1. The van der Waals surface area contributed by atoms with Crippen LogP contribution in [0.4, 0.5) is 0 Å². The van der Waals surface area contributed by atoms with Crippen molar-refractivity contribution in [3.63, 3.8) is 0 Å². The molecule has 7 heteroatoms. The Morgan fingerprint density at radius 1 is 1.00 bits per heavy atom. The van der Waals surface area contributed by atoms with E-state index in [2.05, 4.69) is 35.0 Å². The maximum atomic E-state index is 12.7. The summed E-state index contributed by atoms with van der Waals surface area (Å²) in [5, 5.41) is 4.16. The molecule has 0 bridgehead atoms. The van der Waals surface area contributed by atoms with Gasteiger partial charge in [0, 0.05) is 43.0 Å². The molecular formula is C24H29N3O3S. The third-order valence-electron chi connectivity index (χ3n) is 5.93. The highest BCUT2D eigenvalue weighted by atomic mass is 32.2. The number of carbonyl (C=O) groups is 1. The number of nitrogens with one attached hydrogen (secondary N) is 1. The van der Waals surface area contributed by atoms with Gasteiger partial charge >= 0.3 is 0 Å². The molecule has 1 saturated heterocycles. The summed E-state index contributed by atoms with van der Waals surface area (Å²) in [4.78, 5) is 12.7. The second kappa shape index (κ2) is 9.24. The van der Waals surface area contributed by atoms with E-state index in [1.807, 2.05) is 12.1 Å². The van der Waals surface area contributed by atoms with Crippen LogP contribution in [0.15, 0.2) is 59.5 Å². The Hall–Kier alpha value is -2.64. The third-order valence-corrected chi connectivity index (χ3v) is 7.84. The summed E-state index contributed by atoms with van der Waals surface area (Å²) in [5.41, 5.74) is 2.88. The van der Waals surface area contributed by atoms with Crippen LogP contribution in [0.1, 0.15) is 41.7 Å². The highest BCUT2D eigenvalue weighted by Gasteiger charge is 2.25. The van der Waals surface area contributed by atoms with Gasteiger partial charge in [0.2, 0.25) is 10.0 Å². The third kappa shape index (κ3) is 4.67. The number of hydrogen-bond donors (Lipinski definition) is 1. The number of benzene rings is 2. The quantitative estimate of drug-likeness (QED) is 0.567. The molecule has 3 aromatic rings. The zero-order valence-corrected chi connectivity index (χ0v) is 18.7. The van der Waals surface area contributed by atoms with Crippen molar-refractivity contribution in [2.45, 2.75) is 44.0 Å². The van der Waals surface area contributed by atoms with Gasteiger partial charge in [0.25, 0.3) is 5.91 Å². The Labute approximate surface area is 183 Å². The molecule has 164 valence electrons. The first-order valence-corrected chi connectivity index (χ1v) is 12.3. The van der Waals surface area contributed by atoms with Gasteiger partial charge in [-0.1, -0.05) is 24.6 Å². The SMILES string of the molecule is Cc1cc2ccccc2n1CCCNC(=O)c1ccc(S(=O)(=O)N2CCCCC2)cc1. The van der Waals surface area contributed by atoms with Crippen LogP contribution in [-0.2, 0) is 16.6 Å². The van der Waals surface area contributed by atoms with Crippen LogP contribution in [-0.4, -0.2) is 42.8 Å². The van der Waals surface area contributed by atoms with E-state index < -0.39 is 10.0 Å². The number of fused-ring (bicyclic) bond motifs is 1. The minimum Gasteiger partial charge on any atom is -0.352 e. The van der Waals surface area contributed by atoms with E-state index in [0.29, 0.717) is 25.2 Å². The lowest BCUT2D eigenvalue weighted by molar-refractivity contribution is 0.0952. The number of amides is 1. The Kier molecular flexibility index (Phi) is 6.43. The van der Waals surface area contributed by atoms with Crippen molar-refractivity contribution in [2.75, 3.05) is 19.6 Å². The molecule has 0 spiro atoms. The number of hydrogen-bond acceptors (Lipinski definition) is 3. The van der Waals surface area contributed by atoms with E-state index in [1.165, 1.54) is 28.7 Å². The molecule has 6 nitrogen and oxygen atoms in total. The van der Waals surface area contributed by atoms with Crippen molar-refractivity contribution < 1.29 is 13.2 Å². The predicted octanol–water partition coefficient (Wildman–Crippen LogP) is 3.94. The van der Waals surface area contributed by atoms with E-state index in [1.54, 1.807) is 16.4 Å². The Morgan fingerprint density at radius 2 is 1.71 bits per heavy atom. The number of nitrogens with zero attached hydrogens (tertiary/aromatic N) is 2. The lowest BCUT2D eigenvalue weighted by atomic mass is 10.2. The van der Waals surface area contributed by atoms with Crippen molar-refractivity contribution in [1.29, 1.82) is 0 Å². The number of aryl methyl sites for hydroxylation is 2. The highest BCUT2D eigenvalue weighted by Crippen LogP contribution is 2.21. The summed E-state index contributed by atoms with van der Waals surface area (Å²) in [6.45, 7) is 4.62. The summed E-state index contributed by atoms with van der Waals surface area (Å²) in [6.07, 6.45) is 3.69. The van der Waals surface area contributed by atoms with Crippen LogP contribution < -0.4 is 5.32 Å². The fourth-order valence-electron chi connectivity index (χ4n) is 4.22. The van der Waals surface area contributed by atoms with Gasteiger partial charge in [0.05, 0.1) is 4.90 Å². The first-order valence-electron chi connectivity index (χ1n) is 10.9. The number of carbonyl (C=O) groups excluding carboxylic acids is 1. The van der Waals surface area contributed by atoms with Gasteiger partial charge in [-0.25, -0.2) is 8.42 Å². The van der Waals surface area contributed by atoms with Gasteiger partial charge in [-0.2, -0.15) is 4.31 Å². The first-order chi connectivity index (χ1) is 15.0. The zero-order valence-electron chi connectivity index (χ0n) is 17.9. The van der Waals surface area contributed by atoms with Crippen LogP contribution >= 0.6 is 0 Å². The molecule has 1 aliphatic rings. The predicted molar refractivity (Wildman–Crippen MR) is 123 cm³/mol. The van der Waals surface area contributed by atoms with E-state index in [-0.39, 0.29) is 10.8 Å². The molecule has 4 rings (SSSR count). The topological polar surface area (TPSA) is 71.4 Å². The lowest BCUT2D eigenvalue weighted by Gasteiger charge is -2.25. The van der Waals surface area contributed by atoms with E-state index in [9.17, 15) is 13.2 Å². The lowest BCUT2D eigenvalue weighted by Crippen LogP contribution is -2.35. The molecule has 0 unspecified atom stereocenters. The van der Waals surface area contributed by atoms with Crippen molar-refractivity contribution in [3.8, 4) is 0 Å². The monoisotopic (exact) mass is 439 g/mol. The van der Waals surface area contributed by atoms with Crippen molar-refractivity contribution in [2.24, 2.45) is 0 Å². The molecule has 1 aromatic heterocycles. The Balaban J connectivity index is 1.32. The van der Waals surface area contributed by atoms with E-state index >= 15 is 0 Å². The van der Waals surface area contributed by atoms with Crippen molar-refractivity contribution in [1.82, 2.24) is 14.2 Å². The summed E-state index contributed by atoms with van der Waals surface area (Å²) in [7, 11) is -3.47. The van der Waals surface area contributed by atoms with Crippen LogP contribution in [0.2, 0.25) is 0 Å². The Morgan fingerprint density at radius 3 is 2.45 bits per heavy atom. The molecule has 0 aliphatic carbocycles. The van der Waals surface area contributed by atoms with Crippen LogP contribution in [0.3, 0.4) is 0 Å². The first kappa shape index (κ1) is 21.6. The smallest absolute Gasteiger partial charge is 0.251 e. The second-order valence-electron chi connectivity index (χ2n) is 8.09. The molecule has 0 saturated carbocycles. The number of aromatic nitrogens is 1. The van der Waals surface area contributed by atoms with E-state index in [0.717, 1.165) is 32.2 Å². The highest BCUT2D eigenvalue weighted by molar-refractivity contribution is 7.89. The molecule has 0 atom stereocenters. The van der Waals surface area contributed by atoms with Crippen molar-refractivity contribution in [3.05, 3.63) is 65.9 Å². The summed E-state index contributed by atoms with van der Waals surface area (Å²) in [5.74, 6) is -0.184. The summed E-state index contributed by atoms with van der Waals surface area (Å²) < 4.78 is 29.3. The van der Waals surface area contributed by atoms with Crippen LogP contribution in [0.5, 0.6) is 0 Å². The van der Waals surface area contributed by atoms with Gasteiger partial charge in [-0.15, -0.1) is 0 Å². The average Bonchev–Trinajstić information content (AvgIpc) is 3.12. The van der Waals surface area contributed by atoms with Crippen LogP contribution in [0.25, 0.3) is 10.9 Å². The molecule has 2 aromatic carbocycles. The fourth-order valence-corrected chi connectivity index (χ4v) is 5.74. The normalized spacial score (nSPS) is 15.3. The number of para-hydroxylation sites is 1. The van der Waals surface area contributed by atoms with Crippen molar-refractivity contribution >= 4 is 26.8 Å². The van der Waals surface area contributed by atoms with Gasteiger partial charge < -0.3 is 9.88 Å². The zero-order chi connectivity index (χ0) is 21.8. The number of rotatable bonds is 7. The minimum absolute atomic E-state index is 0.184. The molecule has 1 N–H and O–H groups in total. The van der Waals surface area contributed by atoms with Gasteiger partial charge in [-0.3, -0.25) is 4.79 Å². The average molecular weight is 440 g/mol. The maximum Gasteiger partial charge on any atom is 0.251 e. The van der Waals surface area contributed by atoms with Crippen LogP contribution in [0, 0.1) is 6.92 Å². The molecule has 31 heavy (non-hydrogen) atoms. The largest absolute Gasteiger partial charge is 0.352 e. The van der Waals surface area contributed by atoms with Gasteiger partial charge in [-0.05, 0) is 68.0 Å².